The number of rotatable bonds is 6. The molecule has 130 valence electrons. The van der Waals surface area contributed by atoms with Crippen molar-refractivity contribution in [2.45, 2.75) is 64.9 Å². The summed E-state index contributed by atoms with van der Waals surface area (Å²) in [6.07, 6.45) is 15.4. The monoisotopic (exact) mass is 332 g/mol. The zero-order chi connectivity index (χ0) is 16.8. The van der Waals surface area contributed by atoms with Crippen LogP contribution < -0.4 is 9.51 Å². The fourth-order valence-electron chi connectivity index (χ4n) is 2.85. The molecule has 0 bridgehead atoms. The van der Waals surface area contributed by atoms with Crippen molar-refractivity contribution in [3.05, 3.63) is 35.9 Å². The summed E-state index contributed by atoms with van der Waals surface area (Å²) in [6, 6.07) is 0. The molecule has 2 heterocycles. The van der Waals surface area contributed by atoms with Crippen LogP contribution in [0.4, 0.5) is 0 Å². The van der Waals surface area contributed by atoms with Crippen LogP contribution in [0.3, 0.4) is 0 Å². The first kappa shape index (κ1) is 16.9. The van der Waals surface area contributed by atoms with Gasteiger partial charge in [-0.3, -0.25) is 0 Å². The zero-order valence-electron chi connectivity index (χ0n) is 14.4. The van der Waals surface area contributed by atoms with Gasteiger partial charge in [-0.25, -0.2) is 0 Å². The molecule has 2 aromatic heterocycles. The lowest BCUT2D eigenvalue weighted by Gasteiger charge is -2.22. The van der Waals surface area contributed by atoms with E-state index in [1.54, 1.807) is 24.8 Å². The number of aromatic nitrogens is 4. The normalized spacial score (nSPS) is 16.4. The van der Waals surface area contributed by atoms with Crippen molar-refractivity contribution < 1.29 is 14.2 Å². The lowest BCUT2D eigenvalue weighted by atomic mass is 9.97. The summed E-state index contributed by atoms with van der Waals surface area (Å²) < 4.78 is 17.5. The van der Waals surface area contributed by atoms with Gasteiger partial charge in [0.25, 0.3) is 0 Å². The standard InChI is InChI=1S/C16H25BN4O3/c1-14-10-18-20(12-14)23-17(24-21-13-15(2)11-19-21)22-16-8-6-4-3-5-7-9-16/h10-13,16H,3-9H2,1-2H3. The third-order valence-corrected chi connectivity index (χ3v) is 4.12. The van der Waals surface area contributed by atoms with E-state index in [0.29, 0.717) is 0 Å². The van der Waals surface area contributed by atoms with Gasteiger partial charge in [0, 0.05) is 6.10 Å². The maximum atomic E-state index is 6.09. The van der Waals surface area contributed by atoms with Crippen LogP contribution in [-0.4, -0.2) is 33.3 Å². The fraction of sp³-hybridized carbons (Fsp3) is 0.625. The molecule has 7 nitrogen and oxygen atoms in total. The summed E-state index contributed by atoms with van der Waals surface area (Å²) in [5, 5.41) is 8.27. The smallest absolute Gasteiger partial charge is 0.393 e. The molecular weight excluding hydrogens is 307 g/mol. The van der Waals surface area contributed by atoms with Gasteiger partial charge in [0.15, 0.2) is 0 Å². The van der Waals surface area contributed by atoms with E-state index < -0.39 is 7.32 Å². The summed E-state index contributed by atoms with van der Waals surface area (Å²) in [4.78, 5) is 2.75. The van der Waals surface area contributed by atoms with Crippen molar-refractivity contribution >= 4 is 7.32 Å². The zero-order valence-corrected chi connectivity index (χ0v) is 14.4. The number of hydrogen-bond acceptors (Lipinski definition) is 5. The van der Waals surface area contributed by atoms with Crippen LogP contribution in [0.15, 0.2) is 24.8 Å². The molecular formula is C16H25BN4O3. The molecule has 1 fully saturated rings. The summed E-state index contributed by atoms with van der Waals surface area (Å²) in [5.41, 5.74) is 2.02. The Labute approximate surface area is 143 Å². The Morgan fingerprint density at radius 2 is 1.38 bits per heavy atom. The Balaban J connectivity index is 1.65. The highest BCUT2D eigenvalue weighted by Crippen LogP contribution is 2.19. The Hall–Kier alpha value is -1.96. The van der Waals surface area contributed by atoms with Gasteiger partial charge >= 0.3 is 7.32 Å². The molecule has 0 unspecified atom stereocenters. The van der Waals surface area contributed by atoms with E-state index in [-0.39, 0.29) is 6.10 Å². The molecule has 3 rings (SSSR count). The van der Waals surface area contributed by atoms with E-state index in [4.69, 9.17) is 14.2 Å². The van der Waals surface area contributed by atoms with E-state index in [2.05, 4.69) is 10.2 Å². The van der Waals surface area contributed by atoms with Gasteiger partial charge < -0.3 is 14.2 Å². The lowest BCUT2D eigenvalue weighted by molar-refractivity contribution is 0.0212. The van der Waals surface area contributed by atoms with Crippen LogP contribution in [0, 0.1) is 13.8 Å². The second-order valence-electron chi connectivity index (χ2n) is 6.44. The fourth-order valence-corrected chi connectivity index (χ4v) is 2.85. The largest absolute Gasteiger partial charge is 0.831 e. The van der Waals surface area contributed by atoms with Crippen LogP contribution in [-0.2, 0) is 4.65 Å². The first-order valence-corrected chi connectivity index (χ1v) is 8.71. The topological polar surface area (TPSA) is 63.3 Å². The van der Waals surface area contributed by atoms with Crippen LogP contribution in [0.1, 0.15) is 56.1 Å². The summed E-state index contributed by atoms with van der Waals surface area (Å²) in [7, 11) is -0.895. The Kier molecular flexibility index (Phi) is 5.79. The average molecular weight is 332 g/mol. The van der Waals surface area contributed by atoms with Crippen LogP contribution in [0.2, 0.25) is 0 Å². The quantitative estimate of drug-likeness (QED) is 0.760. The summed E-state index contributed by atoms with van der Waals surface area (Å²) in [5.74, 6) is 0. The molecule has 0 spiro atoms. The van der Waals surface area contributed by atoms with Crippen LogP contribution in [0.5, 0.6) is 0 Å². The number of aryl methyl sites for hydroxylation is 2. The molecule has 1 saturated carbocycles. The third kappa shape index (κ3) is 5.02. The molecule has 0 atom stereocenters. The first-order chi connectivity index (χ1) is 11.7. The molecule has 0 saturated heterocycles. The average Bonchev–Trinajstić information content (AvgIpc) is 3.10. The minimum Gasteiger partial charge on any atom is -0.393 e. The molecule has 0 amide bonds. The molecule has 2 aromatic rings. The highest BCUT2D eigenvalue weighted by molar-refractivity contribution is 6.36. The van der Waals surface area contributed by atoms with Crippen molar-refractivity contribution in [3.63, 3.8) is 0 Å². The number of hydrogen-bond donors (Lipinski definition) is 0. The Bertz CT molecular complexity index is 580. The van der Waals surface area contributed by atoms with Crippen molar-refractivity contribution in [3.8, 4) is 0 Å². The van der Waals surface area contributed by atoms with Gasteiger partial charge in [-0.15, -0.1) is 19.9 Å². The molecule has 0 aromatic carbocycles. The van der Waals surface area contributed by atoms with Gasteiger partial charge in [0.2, 0.25) is 0 Å². The molecule has 1 aliphatic carbocycles. The maximum Gasteiger partial charge on any atom is 0.831 e. The minimum absolute atomic E-state index is 0.128. The highest BCUT2D eigenvalue weighted by Gasteiger charge is 2.33. The first-order valence-electron chi connectivity index (χ1n) is 8.71. The molecule has 0 aliphatic heterocycles. The highest BCUT2D eigenvalue weighted by atomic mass is 16.9. The summed E-state index contributed by atoms with van der Waals surface area (Å²) in [6.45, 7) is 3.91. The SMILES string of the molecule is Cc1cnn(OB(OC2CCCCCCC2)On2cc(C)cn2)c1. The molecule has 0 radical (unpaired) electrons. The third-order valence-electron chi connectivity index (χ3n) is 4.12. The molecule has 24 heavy (non-hydrogen) atoms. The van der Waals surface area contributed by atoms with Crippen LogP contribution in [0.25, 0.3) is 0 Å². The summed E-state index contributed by atoms with van der Waals surface area (Å²) >= 11 is 0. The van der Waals surface area contributed by atoms with E-state index in [1.165, 1.54) is 41.8 Å². The predicted molar refractivity (Wildman–Crippen MR) is 90.0 cm³/mol. The van der Waals surface area contributed by atoms with E-state index in [1.807, 2.05) is 13.8 Å². The van der Waals surface area contributed by atoms with Crippen molar-refractivity contribution in [1.29, 1.82) is 0 Å². The van der Waals surface area contributed by atoms with Crippen LogP contribution >= 0.6 is 0 Å². The van der Waals surface area contributed by atoms with Crippen molar-refractivity contribution in [2.24, 2.45) is 0 Å². The lowest BCUT2D eigenvalue weighted by Crippen LogP contribution is -2.45. The van der Waals surface area contributed by atoms with Gasteiger partial charge in [-0.2, -0.15) is 0 Å². The Morgan fingerprint density at radius 1 is 0.875 bits per heavy atom. The molecule has 1 aliphatic rings. The second-order valence-corrected chi connectivity index (χ2v) is 6.44. The van der Waals surface area contributed by atoms with E-state index in [9.17, 15) is 0 Å². The van der Waals surface area contributed by atoms with Crippen molar-refractivity contribution in [2.75, 3.05) is 0 Å². The Morgan fingerprint density at radius 3 is 1.83 bits per heavy atom. The van der Waals surface area contributed by atoms with Gasteiger partial charge in [0.05, 0.1) is 24.8 Å². The van der Waals surface area contributed by atoms with Crippen molar-refractivity contribution in [1.82, 2.24) is 19.9 Å². The molecule has 0 N–H and O–H groups in total. The van der Waals surface area contributed by atoms with E-state index >= 15 is 0 Å². The maximum absolute atomic E-state index is 6.09. The van der Waals surface area contributed by atoms with Gasteiger partial charge in [-0.05, 0) is 37.8 Å². The number of nitrogens with zero attached hydrogens (tertiary/aromatic N) is 4. The van der Waals surface area contributed by atoms with E-state index in [0.717, 1.165) is 24.0 Å². The molecule has 8 heteroatoms. The second kappa shape index (κ2) is 8.23. The van der Waals surface area contributed by atoms with Gasteiger partial charge in [-0.1, -0.05) is 32.1 Å². The predicted octanol–water partition coefficient (Wildman–Crippen LogP) is 2.37. The van der Waals surface area contributed by atoms with Gasteiger partial charge in [0.1, 0.15) is 0 Å². The minimum atomic E-state index is -0.895.